The lowest BCUT2D eigenvalue weighted by Gasteiger charge is -2.25. The first-order valence-electron chi connectivity index (χ1n) is 3.75. The third-order valence-electron chi connectivity index (χ3n) is 1.88. The van der Waals surface area contributed by atoms with Gasteiger partial charge in [0.15, 0.2) is 0 Å². The van der Waals surface area contributed by atoms with E-state index in [9.17, 15) is 9.59 Å². The Kier molecular flexibility index (Phi) is 2.50. The highest BCUT2D eigenvalue weighted by Crippen LogP contribution is 2.10. The fraction of sp³-hybridized carbons (Fsp3) is 0.571. The maximum absolute atomic E-state index is 10.6. The SMILES string of the molecule is CC1=NCC(C(=O)O)C(C(=O)O)N1. The van der Waals surface area contributed by atoms with Crippen molar-refractivity contribution in [2.75, 3.05) is 6.54 Å². The van der Waals surface area contributed by atoms with E-state index in [2.05, 4.69) is 10.3 Å². The molecule has 6 nitrogen and oxygen atoms in total. The fourth-order valence-corrected chi connectivity index (χ4v) is 1.17. The lowest BCUT2D eigenvalue weighted by atomic mass is 9.98. The minimum absolute atomic E-state index is 0.0190. The second kappa shape index (κ2) is 3.42. The van der Waals surface area contributed by atoms with Gasteiger partial charge in [-0.15, -0.1) is 0 Å². The highest BCUT2D eigenvalue weighted by molar-refractivity contribution is 5.91. The average molecular weight is 186 g/mol. The van der Waals surface area contributed by atoms with Gasteiger partial charge in [-0.05, 0) is 6.92 Å². The molecule has 13 heavy (non-hydrogen) atoms. The topological polar surface area (TPSA) is 99.0 Å². The highest BCUT2D eigenvalue weighted by Gasteiger charge is 2.36. The van der Waals surface area contributed by atoms with E-state index in [1.54, 1.807) is 6.92 Å². The smallest absolute Gasteiger partial charge is 0.327 e. The summed E-state index contributed by atoms with van der Waals surface area (Å²) in [6.45, 7) is 1.62. The number of hydrogen-bond acceptors (Lipinski definition) is 4. The van der Waals surface area contributed by atoms with Crippen molar-refractivity contribution in [3.8, 4) is 0 Å². The van der Waals surface area contributed by atoms with Gasteiger partial charge >= 0.3 is 11.9 Å². The van der Waals surface area contributed by atoms with Crippen LogP contribution in [0.15, 0.2) is 4.99 Å². The number of aliphatic imine (C=N–C) groups is 1. The van der Waals surface area contributed by atoms with E-state index in [0.29, 0.717) is 5.84 Å². The first-order chi connectivity index (χ1) is 6.02. The van der Waals surface area contributed by atoms with Gasteiger partial charge in [0.25, 0.3) is 0 Å². The van der Waals surface area contributed by atoms with E-state index in [4.69, 9.17) is 10.2 Å². The molecule has 0 saturated heterocycles. The maximum Gasteiger partial charge on any atom is 0.327 e. The summed E-state index contributed by atoms with van der Waals surface area (Å²) < 4.78 is 0. The summed E-state index contributed by atoms with van der Waals surface area (Å²) in [5.41, 5.74) is 0. The van der Waals surface area contributed by atoms with Crippen molar-refractivity contribution >= 4 is 17.8 Å². The van der Waals surface area contributed by atoms with Crippen molar-refractivity contribution in [1.29, 1.82) is 0 Å². The number of carbonyl (C=O) groups is 2. The van der Waals surface area contributed by atoms with Crippen LogP contribution in [0.25, 0.3) is 0 Å². The molecule has 0 aliphatic carbocycles. The van der Waals surface area contributed by atoms with Crippen molar-refractivity contribution in [2.45, 2.75) is 13.0 Å². The van der Waals surface area contributed by atoms with E-state index < -0.39 is 23.9 Å². The molecule has 0 amide bonds. The third kappa shape index (κ3) is 1.95. The molecule has 0 spiro atoms. The summed E-state index contributed by atoms with van der Waals surface area (Å²) in [6, 6.07) is -1.07. The molecule has 1 aliphatic rings. The second-order valence-corrected chi connectivity index (χ2v) is 2.83. The van der Waals surface area contributed by atoms with Crippen LogP contribution in [0.5, 0.6) is 0 Å². The molecule has 0 bridgehead atoms. The molecule has 72 valence electrons. The Hall–Kier alpha value is -1.59. The summed E-state index contributed by atoms with van der Waals surface area (Å²) in [4.78, 5) is 25.1. The fourth-order valence-electron chi connectivity index (χ4n) is 1.17. The van der Waals surface area contributed by atoms with Gasteiger partial charge in [-0.2, -0.15) is 0 Å². The summed E-state index contributed by atoms with van der Waals surface area (Å²) in [7, 11) is 0. The second-order valence-electron chi connectivity index (χ2n) is 2.83. The Labute approximate surface area is 74.3 Å². The van der Waals surface area contributed by atoms with Crippen molar-refractivity contribution in [2.24, 2.45) is 10.9 Å². The molecule has 1 rings (SSSR count). The monoisotopic (exact) mass is 186 g/mol. The van der Waals surface area contributed by atoms with Crippen LogP contribution in [0.2, 0.25) is 0 Å². The van der Waals surface area contributed by atoms with Crippen LogP contribution in [0.1, 0.15) is 6.92 Å². The standard InChI is InChI=1S/C7H10N2O4/c1-3-8-2-4(6(10)11)5(9-3)7(12)13/h4-5H,2H2,1H3,(H,8,9)(H,10,11)(H,12,13). The number of amidine groups is 1. The maximum atomic E-state index is 10.6. The van der Waals surface area contributed by atoms with E-state index in [1.807, 2.05) is 0 Å². The largest absolute Gasteiger partial charge is 0.481 e. The van der Waals surface area contributed by atoms with Gasteiger partial charge in [-0.3, -0.25) is 9.79 Å². The minimum Gasteiger partial charge on any atom is -0.481 e. The van der Waals surface area contributed by atoms with Gasteiger partial charge in [0.1, 0.15) is 12.0 Å². The Morgan fingerprint density at radius 3 is 2.54 bits per heavy atom. The van der Waals surface area contributed by atoms with Crippen LogP contribution in [0.3, 0.4) is 0 Å². The summed E-state index contributed by atoms with van der Waals surface area (Å²) in [5.74, 6) is -2.83. The van der Waals surface area contributed by atoms with Gasteiger partial charge in [0, 0.05) is 0 Å². The van der Waals surface area contributed by atoms with E-state index in [1.165, 1.54) is 0 Å². The zero-order valence-corrected chi connectivity index (χ0v) is 7.02. The number of rotatable bonds is 2. The first kappa shape index (κ1) is 9.50. The average Bonchev–Trinajstić information content (AvgIpc) is 2.03. The minimum atomic E-state index is -1.17. The summed E-state index contributed by atoms with van der Waals surface area (Å²) in [6.07, 6.45) is 0. The molecule has 0 aromatic carbocycles. The number of nitrogens with zero attached hydrogens (tertiary/aromatic N) is 1. The molecule has 2 unspecified atom stereocenters. The number of aliphatic carboxylic acids is 2. The number of carboxylic acid groups (broad SMARTS) is 2. The molecule has 3 N–H and O–H groups in total. The van der Waals surface area contributed by atoms with Gasteiger partial charge < -0.3 is 15.5 Å². The van der Waals surface area contributed by atoms with Gasteiger partial charge in [0.2, 0.25) is 0 Å². The van der Waals surface area contributed by atoms with E-state index in [-0.39, 0.29) is 6.54 Å². The van der Waals surface area contributed by atoms with Gasteiger partial charge in [-0.1, -0.05) is 0 Å². The van der Waals surface area contributed by atoms with Crippen LogP contribution in [0.4, 0.5) is 0 Å². The quantitative estimate of drug-likeness (QED) is 0.522. The van der Waals surface area contributed by atoms with Crippen LogP contribution in [0, 0.1) is 5.92 Å². The molecule has 6 heteroatoms. The number of carboxylic acids is 2. The molecule has 1 aliphatic heterocycles. The van der Waals surface area contributed by atoms with E-state index >= 15 is 0 Å². The Bertz CT molecular complexity index is 274. The number of nitrogens with one attached hydrogen (secondary N) is 1. The zero-order chi connectivity index (χ0) is 10.0. The lowest BCUT2D eigenvalue weighted by Crippen LogP contribution is -2.52. The molecular formula is C7H10N2O4. The molecule has 0 fully saturated rings. The molecule has 0 aromatic heterocycles. The highest BCUT2D eigenvalue weighted by atomic mass is 16.4. The predicted molar refractivity (Wildman–Crippen MR) is 43.7 cm³/mol. The lowest BCUT2D eigenvalue weighted by molar-refractivity contribution is -0.150. The molecule has 2 atom stereocenters. The van der Waals surface area contributed by atoms with Crippen LogP contribution in [-0.4, -0.2) is 40.6 Å². The van der Waals surface area contributed by atoms with Crippen molar-refractivity contribution < 1.29 is 19.8 Å². The Morgan fingerprint density at radius 2 is 2.08 bits per heavy atom. The van der Waals surface area contributed by atoms with Crippen LogP contribution >= 0.6 is 0 Å². The van der Waals surface area contributed by atoms with Crippen molar-refractivity contribution in [3.05, 3.63) is 0 Å². The number of hydrogen-bond donors (Lipinski definition) is 3. The summed E-state index contributed by atoms with van der Waals surface area (Å²) in [5, 5.41) is 19.9. The normalized spacial score (nSPS) is 27.3. The molecule has 0 saturated carbocycles. The van der Waals surface area contributed by atoms with Crippen LogP contribution in [-0.2, 0) is 9.59 Å². The predicted octanol–water partition coefficient (Wildman–Crippen LogP) is -0.838. The molecule has 1 heterocycles. The Balaban J connectivity index is 2.83. The third-order valence-corrected chi connectivity index (χ3v) is 1.88. The van der Waals surface area contributed by atoms with Crippen molar-refractivity contribution in [1.82, 2.24) is 5.32 Å². The van der Waals surface area contributed by atoms with E-state index in [0.717, 1.165) is 0 Å². The first-order valence-corrected chi connectivity index (χ1v) is 3.75. The molecule has 0 aromatic rings. The van der Waals surface area contributed by atoms with Crippen molar-refractivity contribution in [3.63, 3.8) is 0 Å². The molecular weight excluding hydrogens is 176 g/mol. The zero-order valence-electron chi connectivity index (χ0n) is 7.02. The van der Waals surface area contributed by atoms with Gasteiger partial charge in [-0.25, -0.2) is 4.79 Å². The Morgan fingerprint density at radius 1 is 1.46 bits per heavy atom. The van der Waals surface area contributed by atoms with Crippen LogP contribution < -0.4 is 5.32 Å². The summed E-state index contributed by atoms with van der Waals surface area (Å²) >= 11 is 0. The molecule has 0 radical (unpaired) electrons. The van der Waals surface area contributed by atoms with Gasteiger partial charge in [0.05, 0.1) is 12.4 Å².